The highest BCUT2D eigenvalue weighted by atomic mass is 16.5. The predicted octanol–water partition coefficient (Wildman–Crippen LogP) is 2.73. The summed E-state index contributed by atoms with van der Waals surface area (Å²) in [4.78, 5) is 0. The van der Waals surface area contributed by atoms with Gasteiger partial charge in [-0.1, -0.05) is 59.8 Å². The molecule has 0 unspecified atom stereocenters. The second kappa shape index (κ2) is 4.59. The summed E-state index contributed by atoms with van der Waals surface area (Å²) >= 11 is 0. The fourth-order valence-corrected chi connectivity index (χ4v) is 2.40. The van der Waals surface area contributed by atoms with Gasteiger partial charge in [0, 0.05) is 16.7 Å². The fourth-order valence-electron chi connectivity index (χ4n) is 2.40. The van der Waals surface area contributed by atoms with Crippen molar-refractivity contribution in [3.8, 4) is 0 Å². The lowest BCUT2D eigenvalue weighted by molar-refractivity contribution is 0.225. The molecule has 0 saturated heterocycles. The van der Waals surface area contributed by atoms with E-state index >= 15 is 0 Å². The monoisotopic (exact) mass is 252 g/mol. The van der Waals surface area contributed by atoms with Crippen LogP contribution in [0, 0.1) is 0 Å². The zero-order valence-electron chi connectivity index (χ0n) is 10.0. The predicted molar refractivity (Wildman–Crippen MR) is 72.9 cm³/mol. The molecule has 4 nitrogen and oxygen atoms in total. The average Bonchev–Trinajstić information content (AvgIpc) is 2.81. The van der Waals surface area contributed by atoms with E-state index in [0.29, 0.717) is 17.0 Å². The quantitative estimate of drug-likeness (QED) is 0.568. The van der Waals surface area contributed by atoms with E-state index in [1.807, 2.05) is 54.6 Å². The Hall–Kier alpha value is -2.59. The van der Waals surface area contributed by atoms with Crippen LogP contribution in [-0.4, -0.2) is 16.1 Å². The number of oxime groups is 1. The van der Waals surface area contributed by atoms with Crippen molar-refractivity contribution in [2.45, 2.75) is 0 Å². The maximum absolute atomic E-state index is 9.41. The number of fused-ring (bicyclic) bond motifs is 1. The van der Waals surface area contributed by atoms with E-state index in [4.69, 9.17) is 0 Å². The molecule has 0 fully saturated rings. The number of nitrogens with one attached hydrogen (secondary N) is 1. The van der Waals surface area contributed by atoms with Gasteiger partial charge in [-0.2, -0.15) is 0 Å². The van der Waals surface area contributed by atoms with Crippen LogP contribution >= 0.6 is 0 Å². The van der Waals surface area contributed by atoms with Crippen LogP contribution in [0.2, 0.25) is 0 Å². The van der Waals surface area contributed by atoms with Crippen molar-refractivity contribution < 1.29 is 10.4 Å². The lowest BCUT2D eigenvalue weighted by Crippen LogP contribution is -2.06. The molecule has 0 heterocycles. The summed E-state index contributed by atoms with van der Waals surface area (Å²) in [6.07, 6.45) is 0. The summed E-state index contributed by atoms with van der Waals surface area (Å²) in [5, 5.41) is 22.1. The Kier molecular flexibility index (Phi) is 2.78. The normalized spacial score (nSPS) is 15.7. The Labute approximate surface area is 110 Å². The molecule has 19 heavy (non-hydrogen) atoms. The van der Waals surface area contributed by atoms with E-state index in [9.17, 15) is 10.4 Å². The molecule has 0 aliphatic heterocycles. The van der Waals surface area contributed by atoms with E-state index in [-0.39, 0.29) is 0 Å². The Balaban J connectivity index is 2.28. The number of hydroxylamine groups is 1. The van der Waals surface area contributed by atoms with Crippen LogP contribution in [0.4, 0.5) is 0 Å². The number of rotatable bonds is 2. The summed E-state index contributed by atoms with van der Waals surface area (Å²) in [6.45, 7) is 0. The van der Waals surface area contributed by atoms with Gasteiger partial charge in [0.05, 0.1) is 5.70 Å². The molecule has 0 atom stereocenters. The van der Waals surface area contributed by atoms with Crippen molar-refractivity contribution >= 4 is 17.0 Å². The highest BCUT2D eigenvalue weighted by molar-refractivity contribution is 6.41. The van der Waals surface area contributed by atoms with Crippen LogP contribution in [0.5, 0.6) is 0 Å². The molecular weight excluding hydrogens is 240 g/mol. The molecule has 0 saturated carbocycles. The van der Waals surface area contributed by atoms with Crippen molar-refractivity contribution in [1.29, 1.82) is 0 Å². The fraction of sp³-hybridized carbons (Fsp3) is 0. The van der Waals surface area contributed by atoms with Crippen LogP contribution in [0.1, 0.15) is 16.7 Å². The molecule has 3 N–H and O–H groups in total. The molecular formula is C15H12N2O2. The summed E-state index contributed by atoms with van der Waals surface area (Å²) in [7, 11) is 0. The first-order chi connectivity index (χ1) is 9.36. The van der Waals surface area contributed by atoms with Crippen molar-refractivity contribution in [2.24, 2.45) is 5.16 Å². The molecule has 94 valence electrons. The Morgan fingerprint density at radius 2 is 1.47 bits per heavy atom. The van der Waals surface area contributed by atoms with Gasteiger partial charge in [0.25, 0.3) is 0 Å². The van der Waals surface area contributed by atoms with Gasteiger partial charge in [-0.3, -0.25) is 10.7 Å². The van der Waals surface area contributed by atoms with Gasteiger partial charge >= 0.3 is 0 Å². The number of benzene rings is 2. The second-order valence-corrected chi connectivity index (χ2v) is 4.22. The number of nitrogens with zero attached hydrogens (tertiary/aromatic N) is 1. The lowest BCUT2D eigenvalue weighted by Gasteiger charge is -2.06. The number of hydrogen-bond acceptors (Lipinski definition) is 4. The standard InChI is InChI=1S/C15H12N2O2/c18-16-14-11-8-4-5-9-12(11)15(17-19)13(14)10-6-2-1-3-7-10/h1-9,16,18-19H/b17-15+. The topological polar surface area (TPSA) is 64.9 Å². The van der Waals surface area contributed by atoms with Crippen LogP contribution in [0.15, 0.2) is 59.8 Å². The molecule has 0 bridgehead atoms. The number of hydrogen-bond donors (Lipinski definition) is 3. The minimum Gasteiger partial charge on any atom is -0.410 e. The zero-order chi connectivity index (χ0) is 13.2. The second-order valence-electron chi connectivity index (χ2n) is 4.22. The average molecular weight is 252 g/mol. The van der Waals surface area contributed by atoms with E-state index in [2.05, 4.69) is 10.6 Å². The third-order valence-electron chi connectivity index (χ3n) is 3.21. The summed E-state index contributed by atoms with van der Waals surface area (Å²) in [5.41, 5.74) is 6.40. The molecule has 3 rings (SSSR count). The Morgan fingerprint density at radius 3 is 2.11 bits per heavy atom. The Bertz CT molecular complexity index is 676. The summed E-state index contributed by atoms with van der Waals surface area (Å²) in [5.74, 6) is 0. The maximum atomic E-state index is 9.41. The van der Waals surface area contributed by atoms with Crippen LogP contribution in [0.25, 0.3) is 11.3 Å². The lowest BCUT2D eigenvalue weighted by atomic mass is 10.0. The van der Waals surface area contributed by atoms with Gasteiger partial charge < -0.3 is 5.21 Å². The zero-order valence-corrected chi connectivity index (χ0v) is 10.0. The number of allylic oxidation sites excluding steroid dienone is 1. The largest absolute Gasteiger partial charge is 0.410 e. The molecule has 0 aromatic heterocycles. The minimum absolute atomic E-state index is 0.457. The van der Waals surface area contributed by atoms with Crippen molar-refractivity contribution in [3.63, 3.8) is 0 Å². The van der Waals surface area contributed by atoms with Gasteiger partial charge in [-0.25, -0.2) is 0 Å². The molecule has 0 spiro atoms. The molecule has 0 amide bonds. The van der Waals surface area contributed by atoms with Crippen LogP contribution < -0.4 is 5.48 Å². The van der Waals surface area contributed by atoms with Gasteiger partial charge in [0.1, 0.15) is 5.71 Å². The third-order valence-corrected chi connectivity index (χ3v) is 3.21. The highest BCUT2D eigenvalue weighted by Gasteiger charge is 2.28. The van der Waals surface area contributed by atoms with Crippen molar-refractivity contribution in [1.82, 2.24) is 5.48 Å². The molecule has 4 heteroatoms. The van der Waals surface area contributed by atoms with E-state index in [0.717, 1.165) is 16.7 Å². The maximum Gasteiger partial charge on any atom is 0.120 e. The van der Waals surface area contributed by atoms with Gasteiger partial charge in [0.15, 0.2) is 0 Å². The molecule has 2 aromatic rings. The van der Waals surface area contributed by atoms with Gasteiger partial charge in [-0.05, 0) is 5.56 Å². The highest BCUT2D eigenvalue weighted by Crippen LogP contribution is 2.36. The van der Waals surface area contributed by atoms with Gasteiger partial charge in [-0.15, -0.1) is 0 Å². The first-order valence-corrected chi connectivity index (χ1v) is 5.89. The molecule has 2 aromatic carbocycles. The van der Waals surface area contributed by atoms with Crippen LogP contribution in [-0.2, 0) is 0 Å². The van der Waals surface area contributed by atoms with E-state index in [1.54, 1.807) is 0 Å². The summed E-state index contributed by atoms with van der Waals surface area (Å²) in [6, 6.07) is 17.0. The smallest absolute Gasteiger partial charge is 0.120 e. The Morgan fingerprint density at radius 1 is 0.842 bits per heavy atom. The minimum atomic E-state index is 0.457. The molecule has 0 radical (unpaired) electrons. The third kappa shape index (κ3) is 1.70. The van der Waals surface area contributed by atoms with Crippen molar-refractivity contribution in [2.75, 3.05) is 0 Å². The molecule has 1 aliphatic rings. The van der Waals surface area contributed by atoms with E-state index in [1.165, 1.54) is 0 Å². The first kappa shape index (κ1) is 11.5. The van der Waals surface area contributed by atoms with E-state index < -0.39 is 0 Å². The van der Waals surface area contributed by atoms with Crippen LogP contribution in [0.3, 0.4) is 0 Å². The SMILES string of the molecule is O/N=C1/C(c2ccccc2)=C(NO)c2ccccc21. The first-order valence-electron chi connectivity index (χ1n) is 5.89. The van der Waals surface area contributed by atoms with Crippen molar-refractivity contribution in [3.05, 3.63) is 71.3 Å². The summed E-state index contributed by atoms with van der Waals surface area (Å²) < 4.78 is 0. The molecule has 1 aliphatic carbocycles. The van der Waals surface area contributed by atoms with Gasteiger partial charge in [0.2, 0.25) is 0 Å².